The van der Waals surface area contributed by atoms with Gasteiger partial charge in [-0.2, -0.15) is 4.98 Å². The standard InChI is InChI=1S/C12H12N2O3/c1-7-6-17-12(13-7)14-11(16)9-4-3-5-10(15)8(9)2/h3-6,15H,1-2H3,(H,13,14,16). The molecule has 0 saturated heterocycles. The molecule has 0 atom stereocenters. The van der Waals surface area contributed by atoms with Gasteiger partial charge in [0.25, 0.3) is 5.91 Å². The maximum Gasteiger partial charge on any atom is 0.301 e. The number of aryl methyl sites for hydroxylation is 1. The van der Waals surface area contributed by atoms with E-state index in [0.717, 1.165) is 0 Å². The average molecular weight is 232 g/mol. The highest BCUT2D eigenvalue weighted by Gasteiger charge is 2.13. The fourth-order valence-corrected chi connectivity index (χ4v) is 1.45. The van der Waals surface area contributed by atoms with Gasteiger partial charge in [-0.05, 0) is 26.0 Å². The number of anilines is 1. The number of benzene rings is 1. The number of nitrogens with one attached hydrogen (secondary N) is 1. The van der Waals surface area contributed by atoms with E-state index in [2.05, 4.69) is 10.3 Å². The summed E-state index contributed by atoms with van der Waals surface area (Å²) >= 11 is 0. The van der Waals surface area contributed by atoms with E-state index in [-0.39, 0.29) is 17.7 Å². The van der Waals surface area contributed by atoms with E-state index in [1.54, 1.807) is 26.0 Å². The van der Waals surface area contributed by atoms with Gasteiger partial charge in [0.1, 0.15) is 12.0 Å². The molecule has 2 rings (SSSR count). The smallest absolute Gasteiger partial charge is 0.301 e. The molecule has 0 saturated carbocycles. The minimum Gasteiger partial charge on any atom is -0.508 e. The number of aromatic nitrogens is 1. The summed E-state index contributed by atoms with van der Waals surface area (Å²) < 4.78 is 5.02. The van der Waals surface area contributed by atoms with Gasteiger partial charge in [0.15, 0.2) is 0 Å². The van der Waals surface area contributed by atoms with Crippen molar-refractivity contribution in [3.63, 3.8) is 0 Å². The number of carbonyl (C=O) groups is 1. The van der Waals surface area contributed by atoms with Gasteiger partial charge in [-0.25, -0.2) is 0 Å². The lowest BCUT2D eigenvalue weighted by Gasteiger charge is -2.05. The van der Waals surface area contributed by atoms with Gasteiger partial charge in [0.2, 0.25) is 0 Å². The summed E-state index contributed by atoms with van der Waals surface area (Å²) in [6, 6.07) is 4.91. The van der Waals surface area contributed by atoms with Crippen LogP contribution in [-0.4, -0.2) is 16.0 Å². The third-order valence-electron chi connectivity index (χ3n) is 2.39. The molecule has 1 amide bonds. The van der Waals surface area contributed by atoms with Crippen LogP contribution in [-0.2, 0) is 0 Å². The molecule has 17 heavy (non-hydrogen) atoms. The van der Waals surface area contributed by atoms with Gasteiger partial charge < -0.3 is 9.52 Å². The molecule has 0 unspecified atom stereocenters. The predicted octanol–water partition coefficient (Wildman–Crippen LogP) is 2.25. The second-order valence-corrected chi connectivity index (χ2v) is 3.70. The van der Waals surface area contributed by atoms with Gasteiger partial charge in [-0.3, -0.25) is 10.1 Å². The summed E-state index contributed by atoms with van der Waals surface area (Å²) in [5, 5.41) is 12.0. The van der Waals surface area contributed by atoms with Crippen molar-refractivity contribution < 1.29 is 14.3 Å². The van der Waals surface area contributed by atoms with Crippen molar-refractivity contribution in [3.8, 4) is 5.75 Å². The Labute approximate surface area is 98.1 Å². The third kappa shape index (κ3) is 2.28. The molecule has 0 fully saturated rings. The number of carbonyl (C=O) groups excluding carboxylic acids is 1. The van der Waals surface area contributed by atoms with E-state index in [1.165, 1.54) is 12.3 Å². The first-order chi connectivity index (χ1) is 8.08. The van der Waals surface area contributed by atoms with E-state index in [0.29, 0.717) is 16.8 Å². The molecule has 0 spiro atoms. The highest BCUT2D eigenvalue weighted by Crippen LogP contribution is 2.20. The number of phenols is 1. The molecule has 2 N–H and O–H groups in total. The Morgan fingerprint density at radius 1 is 1.41 bits per heavy atom. The summed E-state index contributed by atoms with van der Waals surface area (Å²) in [5.74, 6) is -0.276. The molecule has 0 bridgehead atoms. The number of amides is 1. The Morgan fingerprint density at radius 3 is 2.82 bits per heavy atom. The molecule has 2 aromatic rings. The van der Waals surface area contributed by atoms with Crippen LogP contribution in [0.5, 0.6) is 5.75 Å². The summed E-state index contributed by atoms with van der Waals surface area (Å²) in [6.07, 6.45) is 1.45. The van der Waals surface area contributed by atoms with Gasteiger partial charge in [0, 0.05) is 11.1 Å². The Hall–Kier alpha value is -2.30. The van der Waals surface area contributed by atoms with Crippen LogP contribution < -0.4 is 5.32 Å². The lowest BCUT2D eigenvalue weighted by atomic mass is 10.1. The second kappa shape index (κ2) is 4.29. The average Bonchev–Trinajstić information content (AvgIpc) is 2.68. The maximum atomic E-state index is 11.9. The molecule has 1 heterocycles. The number of rotatable bonds is 2. The molecule has 5 heteroatoms. The van der Waals surface area contributed by atoms with Crippen molar-refractivity contribution in [3.05, 3.63) is 41.3 Å². The highest BCUT2D eigenvalue weighted by atomic mass is 16.4. The number of oxazole rings is 1. The Bertz CT molecular complexity index is 561. The first-order valence-corrected chi connectivity index (χ1v) is 5.10. The normalized spacial score (nSPS) is 10.2. The molecular formula is C12H12N2O3. The zero-order chi connectivity index (χ0) is 12.4. The Balaban J connectivity index is 2.23. The molecule has 1 aromatic heterocycles. The molecule has 1 aromatic carbocycles. The molecule has 88 valence electrons. The number of hydrogen-bond donors (Lipinski definition) is 2. The minimum atomic E-state index is -0.361. The van der Waals surface area contributed by atoms with E-state index in [4.69, 9.17) is 4.42 Å². The fraction of sp³-hybridized carbons (Fsp3) is 0.167. The maximum absolute atomic E-state index is 11.9. The van der Waals surface area contributed by atoms with Gasteiger partial charge in [0.05, 0.1) is 5.69 Å². The Morgan fingerprint density at radius 2 is 2.18 bits per heavy atom. The SMILES string of the molecule is Cc1coc(NC(=O)c2cccc(O)c2C)n1. The summed E-state index contributed by atoms with van der Waals surface area (Å²) in [7, 11) is 0. The lowest BCUT2D eigenvalue weighted by molar-refractivity contribution is 0.102. The van der Waals surface area contributed by atoms with Crippen LogP contribution in [0, 0.1) is 13.8 Å². The summed E-state index contributed by atoms with van der Waals surface area (Å²) in [5.41, 5.74) is 1.60. The molecule has 0 aliphatic carbocycles. The van der Waals surface area contributed by atoms with E-state index < -0.39 is 0 Å². The van der Waals surface area contributed by atoms with Crippen LogP contribution >= 0.6 is 0 Å². The highest BCUT2D eigenvalue weighted by molar-refractivity contribution is 6.04. The van der Waals surface area contributed by atoms with Crippen LogP contribution in [0.15, 0.2) is 28.9 Å². The number of phenolic OH excluding ortho intramolecular Hbond substituents is 1. The van der Waals surface area contributed by atoms with Crippen molar-refractivity contribution in [2.24, 2.45) is 0 Å². The molecule has 0 aliphatic heterocycles. The van der Waals surface area contributed by atoms with Crippen molar-refractivity contribution in [1.82, 2.24) is 4.98 Å². The molecular weight excluding hydrogens is 220 g/mol. The van der Waals surface area contributed by atoms with Gasteiger partial charge >= 0.3 is 6.01 Å². The molecule has 0 radical (unpaired) electrons. The van der Waals surface area contributed by atoms with E-state index in [1.807, 2.05) is 0 Å². The van der Waals surface area contributed by atoms with Crippen LogP contribution in [0.4, 0.5) is 6.01 Å². The summed E-state index contributed by atoms with van der Waals surface area (Å²) in [4.78, 5) is 15.8. The first kappa shape index (κ1) is 11.2. The largest absolute Gasteiger partial charge is 0.508 e. The number of hydrogen-bond acceptors (Lipinski definition) is 4. The number of nitrogens with zero attached hydrogens (tertiary/aromatic N) is 1. The fourth-order valence-electron chi connectivity index (χ4n) is 1.45. The van der Waals surface area contributed by atoms with Crippen molar-refractivity contribution >= 4 is 11.9 Å². The minimum absolute atomic E-state index is 0.0845. The zero-order valence-corrected chi connectivity index (χ0v) is 9.52. The second-order valence-electron chi connectivity index (χ2n) is 3.70. The van der Waals surface area contributed by atoms with E-state index in [9.17, 15) is 9.90 Å². The Kier molecular flexibility index (Phi) is 2.82. The lowest BCUT2D eigenvalue weighted by Crippen LogP contribution is -2.13. The predicted molar refractivity (Wildman–Crippen MR) is 62.0 cm³/mol. The third-order valence-corrected chi connectivity index (χ3v) is 2.39. The van der Waals surface area contributed by atoms with Crippen molar-refractivity contribution in [2.75, 3.05) is 5.32 Å². The van der Waals surface area contributed by atoms with Gasteiger partial charge in [-0.1, -0.05) is 6.07 Å². The van der Waals surface area contributed by atoms with Crippen LogP contribution in [0.1, 0.15) is 21.6 Å². The monoisotopic (exact) mass is 232 g/mol. The van der Waals surface area contributed by atoms with Crippen LogP contribution in [0.25, 0.3) is 0 Å². The van der Waals surface area contributed by atoms with Crippen molar-refractivity contribution in [1.29, 1.82) is 0 Å². The molecule has 0 aliphatic rings. The first-order valence-electron chi connectivity index (χ1n) is 5.10. The topological polar surface area (TPSA) is 75.4 Å². The quantitative estimate of drug-likeness (QED) is 0.832. The zero-order valence-electron chi connectivity index (χ0n) is 9.52. The summed E-state index contributed by atoms with van der Waals surface area (Å²) in [6.45, 7) is 3.43. The van der Waals surface area contributed by atoms with Crippen molar-refractivity contribution in [2.45, 2.75) is 13.8 Å². The van der Waals surface area contributed by atoms with Crippen LogP contribution in [0.2, 0.25) is 0 Å². The number of aromatic hydroxyl groups is 1. The van der Waals surface area contributed by atoms with Crippen LogP contribution in [0.3, 0.4) is 0 Å². The molecule has 5 nitrogen and oxygen atoms in total. The van der Waals surface area contributed by atoms with E-state index >= 15 is 0 Å². The van der Waals surface area contributed by atoms with Gasteiger partial charge in [-0.15, -0.1) is 0 Å².